The summed E-state index contributed by atoms with van der Waals surface area (Å²) < 4.78 is 1.11. The zero-order valence-corrected chi connectivity index (χ0v) is 15.0. The number of hydrogen-bond acceptors (Lipinski definition) is 2. The van der Waals surface area contributed by atoms with Crippen LogP contribution < -0.4 is 0 Å². The van der Waals surface area contributed by atoms with Gasteiger partial charge < -0.3 is 4.90 Å². The largest absolute Gasteiger partial charge is 0.340 e. The summed E-state index contributed by atoms with van der Waals surface area (Å²) in [6, 6.07) is 2.11. The summed E-state index contributed by atoms with van der Waals surface area (Å²) in [5.74, 6) is 0.939. The Balaban J connectivity index is 2.07. The predicted molar refractivity (Wildman–Crippen MR) is 88.8 cm³/mol. The predicted octanol–water partition coefficient (Wildman–Crippen LogP) is 5.08. The normalized spacial score (nSPS) is 17.6. The van der Waals surface area contributed by atoms with Gasteiger partial charge in [-0.2, -0.15) is 0 Å². The van der Waals surface area contributed by atoms with Crippen molar-refractivity contribution < 1.29 is 4.79 Å². The molecule has 0 saturated heterocycles. The minimum absolute atomic E-state index is 0.0859. The van der Waals surface area contributed by atoms with Gasteiger partial charge in [-0.15, -0.1) is 11.3 Å². The van der Waals surface area contributed by atoms with E-state index in [1.165, 1.54) is 17.7 Å². The van der Waals surface area contributed by atoms with Crippen molar-refractivity contribution in [1.82, 2.24) is 4.90 Å². The second kappa shape index (κ2) is 6.61. The second-order valence-electron chi connectivity index (χ2n) is 6.48. The highest BCUT2D eigenvalue weighted by Crippen LogP contribution is 2.44. The molecule has 0 atom stereocenters. The quantitative estimate of drug-likeness (QED) is 0.719. The van der Waals surface area contributed by atoms with Crippen molar-refractivity contribution in [3.63, 3.8) is 0 Å². The first-order valence-corrected chi connectivity index (χ1v) is 9.09. The number of carbonyl (C=O) groups excluding carboxylic acids is 1. The van der Waals surface area contributed by atoms with Crippen molar-refractivity contribution in [3.8, 4) is 0 Å². The molecule has 2 rings (SSSR count). The van der Waals surface area contributed by atoms with Crippen LogP contribution in [0.3, 0.4) is 0 Å². The summed E-state index contributed by atoms with van der Waals surface area (Å²) >= 11 is 5.19. The maximum Gasteiger partial charge on any atom is 0.228 e. The number of thiophene rings is 1. The lowest BCUT2D eigenvalue weighted by Crippen LogP contribution is -2.40. The fourth-order valence-electron chi connectivity index (χ4n) is 3.49. The Hall–Kier alpha value is -0.350. The molecule has 1 aliphatic carbocycles. The fraction of sp³-hybridized carbons (Fsp3) is 0.688. The Morgan fingerprint density at radius 1 is 1.45 bits per heavy atom. The maximum absolute atomic E-state index is 12.9. The fourth-order valence-corrected chi connectivity index (χ4v) is 4.99. The Labute approximate surface area is 134 Å². The summed E-state index contributed by atoms with van der Waals surface area (Å²) in [4.78, 5) is 16.1. The summed E-state index contributed by atoms with van der Waals surface area (Å²) in [7, 11) is 1.95. The van der Waals surface area contributed by atoms with E-state index < -0.39 is 0 Å². The molecule has 1 amide bonds. The smallest absolute Gasteiger partial charge is 0.228 e. The molecule has 20 heavy (non-hydrogen) atoms. The Morgan fingerprint density at radius 2 is 2.10 bits per heavy atom. The van der Waals surface area contributed by atoms with E-state index >= 15 is 0 Å². The average Bonchev–Trinajstić information content (AvgIpc) is 2.98. The summed E-state index contributed by atoms with van der Waals surface area (Å²) in [6.07, 6.45) is 5.59. The van der Waals surface area contributed by atoms with Gasteiger partial charge in [-0.1, -0.05) is 26.7 Å². The standard InChI is InChI=1S/C16H24BrNOS/c1-12(2)9-16(6-4-5-7-16)15(19)18(3)10-14-8-13(17)11-20-14/h8,11-12H,4-7,9-10H2,1-3H3. The van der Waals surface area contributed by atoms with Crippen molar-refractivity contribution in [3.05, 3.63) is 20.8 Å². The van der Waals surface area contributed by atoms with Crippen LogP contribution in [0, 0.1) is 11.3 Å². The summed E-state index contributed by atoms with van der Waals surface area (Å²) in [5, 5.41) is 2.08. The van der Waals surface area contributed by atoms with Crippen molar-refractivity contribution in [2.45, 2.75) is 52.5 Å². The molecule has 112 valence electrons. The van der Waals surface area contributed by atoms with E-state index in [0.717, 1.165) is 30.3 Å². The molecule has 0 aromatic carbocycles. The molecule has 1 fully saturated rings. The van der Waals surface area contributed by atoms with Crippen LogP contribution in [0.2, 0.25) is 0 Å². The maximum atomic E-state index is 12.9. The van der Waals surface area contributed by atoms with E-state index in [4.69, 9.17) is 0 Å². The lowest BCUT2D eigenvalue weighted by molar-refractivity contribution is -0.142. The van der Waals surface area contributed by atoms with Crippen molar-refractivity contribution in [1.29, 1.82) is 0 Å². The summed E-state index contributed by atoms with van der Waals surface area (Å²) in [6.45, 7) is 5.18. The van der Waals surface area contributed by atoms with Gasteiger partial charge in [0.1, 0.15) is 0 Å². The van der Waals surface area contributed by atoms with Crippen LogP contribution in [0.4, 0.5) is 0 Å². The van der Waals surface area contributed by atoms with Gasteiger partial charge in [-0.3, -0.25) is 4.79 Å². The molecule has 0 aliphatic heterocycles. The molecule has 1 aliphatic rings. The van der Waals surface area contributed by atoms with Crippen LogP contribution in [-0.2, 0) is 11.3 Å². The first kappa shape index (κ1) is 16.0. The van der Waals surface area contributed by atoms with E-state index in [9.17, 15) is 4.79 Å². The highest BCUT2D eigenvalue weighted by molar-refractivity contribution is 9.10. The van der Waals surface area contributed by atoms with Crippen LogP contribution in [0.25, 0.3) is 0 Å². The van der Waals surface area contributed by atoms with Crippen LogP contribution in [0.5, 0.6) is 0 Å². The van der Waals surface area contributed by atoms with Gasteiger partial charge in [-0.05, 0) is 47.2 Å². The number of hydrogen-bond donors (Lipinski definition) is 0. The molecule has 0 unspecified atom stereocenters. The molecule has 1 aromatic heterocycles. The van der Waals surface area contributed by atoms with E-state index in [1.807, 2.05) is 11.9 Å². The number of halogens is 1. The molecule has 0 radical (unpaired) electrons. The average molecular weight is 358 g/mol. The molecule has 0 bridgehead atoms. The Bertz CT molecular complexity index is 463. The molecule has 1 saturated carbocycles. The van der Waals surface area contributed by atoms with Crippen LogP contribution in [0.1, 0.15) is 50.8 Å². The van der Waals surface area contributed by atoms with Gasteiger partial charge in [0, 0.05) is 27.2 Å². The number of amides is 1. The molecular weight excluding hydrogens is 334 g/mol. The van der Waals surface area contributed by atoms with Crippen LogP contribution in [-0.4, -0.2) is 17.9 Å². The van der Waals surface area contributed by atoms with Gasteiger partial charge in [0.05, 0.1) is 6.54 Å². The lowest BCUT2D eigenvalue weighted by atomic mass is 9.77. The lowest BCUT2D eigenvalue weighted by Gasteiger charge is -2.33. The third-order valence-corrected chi connectivity index (χ3v) is 5.86. The zero-order valence-electron chi connectivity index (χ0n) is 12.6. The van der Waals surface area contributed by atoms with E-state index in [2.05, 4.69) is 41.2 Å². The molecule has 1 heterocycles. The third kappa shape index (κ3) is 3.64. The minimum Gasteiger partial charge on any atom is -0.340 e. The number of rotatable bonds is 5. The topological polar surface area (TPSA) is 20.3 Å². The zero-order chi connectivity index (χ0) is 14.8. The van der Waals surface area contributed by atoms with Crippen molar-refractivity contribution in [2.24, 2.45) is 11.3 Å². The van der Waals surface area contributed by atoms with Crippen LogP contribution >= 0.6 is 27.3 Å². The minimum atomic E-state index is -0.0859. The SMILES string of the molecule is CC(C)CC1(C(=O)N(C)Cc2cc(Br)cs2)CCCC1. The molecule has 0 N–H and O–H groups in total. The van der Waals surface area contributed by atoms with Gasteiger partial charge in [-0.25, -0.2) is 0 Å². The van der Waals surface area contributed by atoms with Crippen molar-refractivity contribution in [2.75, 3.05) is 7.05 Å². The highest BCUT2D eigenvalue weighted by atomic mass is 79.9. The second-order valence-corrected chi connectivity index (χ2v) is 8.39. The molecule has 2 nitrogen and oxygen atoms in total. The van der Waals surface area contributed by atoms with Gasteiger partial charge >= 0.3 is 0 Å². The molecule has 0 spiro atoms. The monoisotopic (exact) mass is 357 g/mol. The molecule has 4 heteroatoms. The van der Waals surface area contributed by atoms with E-state index in [1.54, 1.807) is 11.3 Å². The number of carbonyl (C=O) groups is 1. The highest BCUT2D eigenvalue weighted by Gasteiger charge is 2.42. The van der Waals surface area contributed by atoms with Gasteiger partial charge in [0.15, 0.2) is 0 Å². The number of nitrogens with zero attached hydrogens (tertiary/aromatic N) is 1. The Kier molecular flexibility index (Phi) is 5.30. The summed E-state index contributed by atoms with van der Waals surface area (Å²) in [5.41, 5.74) is -0.0859. The van der Waals surface area contributed by atoms with Crippen LogP contribution in [0.15, 0.2) is 15.9 Å². The van der Waals surface area contributed by atoms with E-state index in [-0.39, 0.29) is 5.41 Å². The molecular formula is C16H24BrNOS. The van der Waals surface area contributed by atoms with E-state index in [0.29, 0.717) is 11.8 Å². The van der Waals surface area contributed by atoms with Gasteiger partial charge in [0.2, 0.25) is 5.91 Å². The Morgan fingerprint density at radius 3 is 2.60 bits per heavy atom. The third-order valence-electron chi connectivity index (χ3n) is 4.17. The van der Waals surface area contributed by atoms with Crippen molar-refractivity contribution >= 4 is 33.2 Å². The molecule has 1 aromatic rings. The first-order chi connectivity index (χ1) is 9.43. The first-order valence-electron chi connectivity index (χ1n) is 7.41. The van der Waals surface area contributed by atoms with Gasteiger partial charge in [0.25, 0.3) is 0 Å².